The predicted molar refractivity (Wildman–Crippen MR) is 123 cm³/mol. The van der Waals surface area contributed by atoms with E-state index in [0.717, 1.165) is 16.5 Å². The highest BCUT2D eigenvalue weighted by Crippen LogP contribution is 2.33. The summed E-state index contributed by atoms with van der Waals surface area (Å²) in [5.74, 6) is 0.912. The fourth-order valence-electron chi connectivity index (χ4n) is 3.04. The number of fused-ring (bicyclic) bond motifs is 1. The minimum atomic E-state index is -2.27. The van der Waals surface area contributed by atoms with Gasteiger partial charge in [-0.05, 0) is 30.3 Å². The van der Waals surface area contributed by atoms with Crippen molar-refractivity contribution < 1.29 is 8.95 Å². The molecule has 0 unspecified atom stereocenters. The number of nitrogens with zero attached hydrogens (tertiary/aromatic N) is 3. The third-order valence-electron chi connectivity index (χ3n) is 4.33. The molecule has 0 saturated carbocycles. The number of aromatic nitrogens is 3. The standard InChI is InChI=1S/C21H20ClN5O2S/c1-29-19-11-15(27-30(2,3)28)5-7-18(19)25-21-24-12-16(22)20(26-21)14-4-6-17-13(10-14)8-9-23-17/h4-12,23H,1-3H3,(H,24,25,26). The van der Waals surface area contributed by atoms with E-state index in [1.807, 2.05) is 30.5 Å². The van der Waals surface area contributed by atoms with Crippen molar-refractivity contribution in [3.63, 3.8) is 0 Å². The molecule has 2 heterocycles. The van der Waals surface area contributed by atoms with Crippen LogP contribution in [0.5, 0.6) is 5.75 Å². The van der Waals surface area contributed by atoms with E-state index in [2.05, 4.69) is 24.6 Å². The van der Waals surface area contributed by atoms with Gasteiger partial charge in [0.2, 0.25) is 5.95 Å². The molecule has 4 aromatic rings. The second-order valence-corrected chi connectivity index (χ2v) is 9.90. The van der Waals surface area contributed by atoms with Crippen molar-refractivity contribution >= 4 is 49.6 Å². The minimum absolute atomic E-state index is 0.376. The molecule has 154 valence electrons. The Hall–Kier alpha value is -3.10. The van der Waals surface area contributed by atoms with Crippen LogP contribution in [-0.2, 0) is 9.73 Å². The van der Waals surface area contributed by atoms with Gasteiger partial charge in [0, 0.05) is 51.0 Å². The minimum Gasteiger partial charge on any atom is -0.494 e. The second-order valence-electron chi connectivity index (χ2n) is 6.95. The molecule has 0 aliphatic heterocycles. The largest absolute Gasteiger partial charge is 0.494 e. The first kappa shape index (κ1) is 20.2. The number of anilines is 2. The van der Waals surface area contributed by atoms with Crippen molar-refractivity contribution in [3.05, 3.63) is 59.9 Å². The van der Waals surface area contributed by atoms with Crippen LogP contribution >= 0.6 is 11.6 Å². The first-order valence-corrected chi connectivity index (χ1v) is 11.8. The molecule has 2 N–H and O–H groups in total. The van der Waals surface area contributed by atoms with Crippen LogP contribution in [0.3, 0.4) is 0 Å². The van der Waals surface area contributed by atoms with E-state index in [1.54, 1.807) is 44.0 Å². The van der Waals surface area contributed by atoms with Crippen molar-refractivity contribution in [3.8, 4) is 17.0 Å². The normalized spacial score (nSPS) is 11.5. The summed E-state index contributed by atoms with van der Waals surface area (Å²) in [6.45, 7) is 0. The number of hydrogen-bond donors (Lipinski definition) is 2. The van der Waals surface area contributed by atoms with Gasteiger partial charge in [0.15, 0.2) is 0 Å². The zero-order chi connectivity index (χ0) is 21.3. The van der Waals surface area contributed by atoms with Crippen molar-refractivity contribution in [2.75, 3.05) is 24.9 Å². The fourth-order valence-corrected chi connectivity index (χ4v) is 3.87. The van der Waals surface area contributed by atoms with Crippen molar-refractivity contribution in [1.29, 1.82) is 0 Å². The van der Waals surface area contributed by atoms with Crippen LogP contribution < -0.4 is 10.1 Å². The van der Waals surface area contributed by atoms with E-state index >= 15 is 0 Å². The van der Waals surface area contributed by atoms with Crippen molar-refractivity contribution in [2.24, 2.45) is 4.36 Å². The maximum atomic E-state index is 11.9. The zero-order valence-corrected chi connectivity index (χ0v) is 18.2. The highest BCUT2D eigenvalue weighted by Gasteiger charge is 2.12. The van der Waals surface area contributed by atoms with Gasteiger partial charge in [-0.1, -0.05) is 17.7 Å². The first-order valence-electron chi connectivity index (χ1n) is 9.05. The number of ether oxygens (including phenoxy) is 1. The average molecular weight is 442 g/mol. The summed E-state index contributed by atoms with van der Waals surface area (Å²) in [6.07, 6.45) is 6.62. The van der Waals surface area contributed by atoms with Gasteiger partial charge in [-0.25, -0.2) is 14.2 Å². The number of halogens is 1. The van der Waals surface area contributed by atoms with Gasteiger partial charge in [0.25, 0.3) is 0 Å². The topological polar surface area (TPSA) is 92.3 Å². The van der Waals surface area contributed by atoms with Crippen LogP contribution in [0.4, 0.5) is 17.3 Å². The molecule has 0 aliphatic rings. The van der Waals surface area contributed by atoms with Gasteiger partial charge in [0.05, 0.1) is 35.4 Å². The van der Waals surface area contributed by atoms with E-state index in [-0.39, 0.29) is 0 Å². The quantitative estimate of drug-likeness (QED) is 0.433. The van der Waals surface area contributed by atoms with E-state index in [1.165, 1.54) is 0 Å². The van der Waals surface area contributed by atoms with E-state index in [9.17, 15) is 4.21 Å². The Kier molecular flexibility index (Phi) is 5.36. The SMILES string of the molecule is COc1cc(N=S(C)(C)=O)ccc1Nc1ncc(Cl)c(-c2ccc3[nH]ccc3c2)n1. The number of methoxy groups -OCH3 is 1. The number of H-pyrrole nitrogens is 1. The third-order valence-corrected chi connectivity index (χ3v) is 5.25. The molecule has 2 aromatic carbocycles. The Morgan fingerprint density at radius 2 is 2.00 bits per heavy atom. The Labute approximate surface area is 179 Å². The fraction of sp³-hybridized carbons (Fsp3) is 0.143. The lowest BCUT2D eigenvalue weighted by atomic mass is 10.1. The lowest BCUT2D eigenvalue weighted by molar-refractivity contribution is 0.417. The Bertz CT molecular complexity index is 1350. The van der Waals surface area contributed by atoms with Crippen LogP contribution in [-0.4, -0.2) is 38.8 Å². The molecule has 0 amide bonds. The lowest BCUT2D eigenvalue weighted by Gasteiger charge is -2.12. The van der Waals surface area contributed by atoms with Crippen LogP contribution in [0.1, 0.15) is 0 Å². The highest BCUT2D eigenvalue weighted by atomic mass is 35.5. The summed E-state index contributed by atoms with van der Waals surface area (Å²) in [5, 5.41) is 4.68. The van der Waals surface area contributed by atoms with Gasteiger partial charge in [-0.2, -0.15) is 4.36 Å². The van der Waals surface area contributed by atoms with Gasteiger partial charge in [0.1, 0.15) is 5.75 Å². The molecule has 2 aromatic heterocycles. The molecule has 0 atom stereocenters. The summed E-state index contributed by atoms with van der Waals surface area (Å²) in [6, 6.07) is 13.2. The summed E-state index contributed by atoms with van der Waals surface area (Å²) < 4.78 is 21.6. The van der Waals surface area contributed by atoms with Crippen LogP contribution in [0.15, 0.2) is 59.2 Å². The van der Waals surface area contributed by atoms with Gasteiger partial charge >= 0.3 is 0 Å². The van der Waals surface area contributed by atoms with Gasteiger partial charge < -0.3 is 15.0 Å². The molecular weight excluding hydrogens is 422 g/mol. The monoisotopic (exact) mass is 441 g/mol. The molecule has 0 saturated heterocycles. The van der Waals surface area contributed by atoms with Crippen LogP contribution in [0.25, 0.3) is 22.2 Å². The molecule has 4 rings (SSSR count). The van der Waals surface area contributed by atoms with Gasteiger partial charge in [-0.15, -0.1) is 0 Å². The second kappa shape index (κ2) is 7.97. The van der Waals surface area contributed by atoms with Gasteiger partial charge in [-0.3, -0.25) is 0 Å². The molecule has 0 fully saturated rings. The first-order chi connectivity index (χ1) is 14.3. The maximum Gasteiger partial charge on any atom is 0.227 e. The molecule has 0 spiro atoms. The van der Waals surface area contributed by atoms with Crippen LogP contribution in [0.2, 0.25) is 5.02 Å². The highest BCUT2D eigenvalue weighted by molar-refractivity contribution is 7.92. The van der Waals surface area contributed by atoms with E-state index in [0.29, 0.717) is 33.8 Å². The molecule has 9 heteroatoms. The molecule has 0 aliphatic carbocycles. The number of aromatic amines is 1. The molecule has 0 bridgehead atoms. The molecule has 30 heavy (non-hydrogen) atoms. The summed E-state index contributed by atoms with van der Waals surface area (Å²) in [5.41, 5.74) is 3.79. The number of benzene rings is 2. The third kappa shape index (κ3) is 4.39. The Balaban J connectivity index is 1.69. The maximum absolute atomic E-state index is 11.9. The smallest absolute Gasteiger partial charge is 0.227 e. The lowest BCUT2D eigenvalue weighted by Crippen LogP contribution is -2.00. The number of nitrogens with one attached hydrogen (secondary N) is 2. The Morgan fingerprint density at radius 1 is 1.17 bits per heavy atom. The summed E-state index contributed by atoms with van der Waals surface area (Å²) in [4.78, 5) is 12.1. The van der Waals surface area contributed by atoms with Crippen LogP contribution in [0, 0.1) is 0 Å². The molecule has 7 nitrogen and oxygen atoms in total. The number of rotatable bonds is 5. The summed E-state index contributed by atoms with van der Waals surface area (Å²) in [7, 11) is -0.714. The molecular formula is C21H20ClN5O2S. The predicted octanol–water partition coefficient (Wildman–Crippen LogP) is 5.39. The Morgan fingerprint density at radius 3 is 2.77 bits per heavy atom. The average Bonchev–Trinajstić information content (AvgIpc) is 3.17. The van der Waals surface area contributed by atoms with E-state index in [4.69, 9.17) is 16.3 Å². The van der Waals surface area contributed by atoms with Crippen molar-refractivity contribution in [2.45, 2.75) is 0 Å². The summed E-state index contributed by atoms with van der Waals surface area (Å²) >= 11 is 6.37. The van der Waals surface area contributed by atoms with Crippen molar-refractivity contribution in [1.82, 2.24) is 15.0 Å². The molecule has 0 radical (unpaired) electrons. The zero-order valence-electron chi connectivity index (χ0n) is 16.6. The van der Waals surface area contributed by atoms with E-state index < -0.39 is 9.73 Å². The number of hydrogen-bond acceptors (Lipinski definition) is 6.